The highest BCUT2D eigenvalue weighted by atomic mass is 32.2. The Morgan fingerprint density at radius 1 is 1.03 bits per heavy atom. The van der Waals surface area contributed by atoms with E-state index in [2.05, 4.69) is 76.0 Å². The van der Waals surface area contributed by atoms with E-state index in [9.17, 15) is 4.79 Å². The van der Waals surface area contributed by atoms with Gasteiger partial charge in [-0.25, -0.2) is 9.67 Å². The number of anilines is 1. The summed E-state index contributed by atoms with van der Waals surface area (Å²) >= 11 is 17.4. The number of nitrogens with one attached hydrogen (secondary N) is 1. The minimum Gasteiger partial charge on any atom is -0.359 e. The molecule has 5 aromatic rings. The number of aryl methyl sites for hydroxylation is 1. The number of benzene rings is 1. The van der Waals surface area contributed by atoms with Gasteiger partial charge in [-0.1, -0.05) is 6.07 Å². The van der Waals surface area contributed by atoms with E-state index in [4.69, 9.17) is 0 Å². The average Bonchev–Trinajstić information content (AvgIpc) is 3.23. The summed E-state index contributed by atoms with van der Waals surface area (Å²) in [6.45, 7) is 3.79. The lowest BCUT2D eigenvalue weighted by Crippen LogP contribution is -2.24. The van der Waals surface area contributed by atoms with E-state index in [1.165, 1.54) is 9.36 Å². The molecule has 0 spiro atoms. The topological polar surface area (TPSA) is 90.5 Å². The highest BCUT2D eigenvalue weighted by Crippen LogP contribution is 2.32. The minimum atomic E-state index is -1.06. The highest BCUT2D eigenvalue weighted by molar-refractivity contribution is 8.15. The van der Waals surface area contributed by atoms with E-state index in [0.29, 0.717) is 39.2 Å². The third-order valence-electron chi connectivity index (χ3n) is 5.32. The minimum absolute atomic E-state index is 0.115. The molecule has 0 aliphatic carbocycles. The van der Waals surface area contributed by atoms with Gasteiger partial charge in [0.1, 0.15) is 16.9 Å². The number of aromatic nitrogens is 6. The SMILES string of the molecule is Cc1ccc(-c2c(=O)n(-c3ccc4nn(C(S)(S)S)cc4c3)nc3ccc(NC(C)S)nc23)cn1. The molecule has 0 saturated heterocycles. The lowest BCUT2D eigenvalue weighted by molar-refractivity contribution is 0.720. The van der Waals surface area contributed by atoms with Crippen LogP contribution < -0.4 is 10.9 Å². The molecule has 0 saturated carbocycles. The molecule has 0 aliphatic heterocycles. The van der Waals surface area contributed by atoms with Crippen molar-refractivity contribution in [3.05, 3.63) is 70.9 Å². The van der Waals surface area contributed by atoms with Crippen LogP contribution in [0.4, 0.5) is 5.82 Å². The summed E-state index contributed by atoms with van der Waals surface area (Å²) in [5.74, 6) is 0.600. The van der Waals surface area contributed by atoms with Gasteiger partial charge in [-0.2, -0.15) is 27.5 Å². The van der Waals surface area contributed by atoms with Crippen molar-refractivity contribution in [2.45, 2.75) is 22.8 Å². The Labute approximate surface area is 222 Å². The van der Waals surface area contributed by atoms with Gasteiger partial charge in [0, 0.05) is 29.0 Å². The van der Waals surface area contributed by atoms with Crippen molar-refractivity contribution < 1.29 is 0 Å². The van der Waals surface area contributed by atoms with E-state index < -0.39 is 3.54 Å². The van der Waals surface area contributed by atoms with Crippen LogP contribution in [0.2, 0.25) is 0 Å². The van der Waals surface area contributed by atoms with E-state index in [1.807, 2.05) is 50.2 Å². The fourth-order valence-corrected chi connectivity index (χ4v) is 4.16. The van der Waals surface area contributed by atoms with Crippen molar-refractivity contribution in [2.24, 2.45) is 0 Å². The zero-order valence-electron chi connectivity index (χ0n) is 18.7. The molecule has 178 valence electrons. The van der Waals surface area contributed by atoms with Crippen LogP contribution >= 0.6 is 50.5 Å². The maximum atomic E-state index is 13.8. The van der Waals surface area contributed by atoms with Crippen LogP contribution in [0.5, 0.6) is 0 Å². The van der Waals surface area contributed by atoms with Crippen molar-refractivity contribution in [3.63, 3.8) is 0 Å². The summed E-state index contributed by atoms with van der Waals surface area (Å²) in [6.07, 6.45) is 3.44. The van der Waals surface area contributed by atoms with Crippen molar-refractivity contribution in [3.8, 4) is 16.8 Å². The molecule has 0 fully saturated rings. The second-order valence-electron chi connectivity index (χ2n) is 8.08. The Morgan fingerprint density at radius 3 is 2.49 bits per heavy atom. The Morgan fingerprint density at radius 2 is 1.80 bits per heavy atom. The number of hydrogen-bond acceptors (Lipinski definition) is 10. The molecule has 4 aromatic heterocycles. The normalized spacial score (nSPS) is 12.9. The van der Waals surface area contributed by atoms with Gasteiger partial charge in [-0.15, -0.1) is 37.9 Å². The Hall–Kier alpha value is -2.67. The van der Waals surface area contributed by atoms with Gasteiger partial charge in [0.05, 0.1) is 22.1 Å². The number of pyridine rings is 2. The molecule has 1 aromatic carbocycles. The van der Waals surface area contributed by atoms with E-state index >= 15 is 0 Å². The Kier molecular flexibility index (Phi) is 6.24. The van der Waals surface area contributed by atoms with Crippen molar-refractivity contribution in [1.82, 2.24) is 29.5 Å². The monoisotopic (exact) mass is 539 g/mol. The van der Waals surface area contributed by atoms with Crippen LogP contribution in [-0.4, -0.2) is 34.9 Å². The number of rotatable bonds is 5. The van der Waals surface area contributed by atoms with E-state index in [-0.39, 0.29) is 10.9 Å². The van der Waals surface area contributed by atoms with Crippen LogP contribution in [0.25, 0.3) is 38.8 Å². The first-order valence-corrected chi connectivity index (χ1v) is 12.4. The zero-order chi connectivity index (χ0) is 24.9. The summed E-state index contributed by atoms with van der Waals surface area (Å²) in [4.78, 5) is 22.9. The predicted molar refractivity (Wildman–Crippen MR) is 153 cm³/mol. The molecule has 35 heavy (non-hydrogen) atoms. The molecule has 0 aliphatic rings. The molecule has 1 atom stereocenters. The standard InChI is InChI=1S/C23H21N7OS4/c1-12-3-4-14(10-24-12)20-21-18(7-8-19(26-21)25-13(2)32)28-30(22(20)31)16-5-6-17-15(9-16)11-29(27-17)23(33,34)35/h3-11,13,32-35H,1-2H3,(H,25,26). The van der Waals surface area contributed by atoms with E-state index in [0.717, 1.165) is 11.1 Å². The Balaban J connectivity index is 1.75. The third-order valence-corrected chi connectivity index (χ3v) is 6.07. The number of thiol groups is 4. The summed E-state index contributed by atoms with van der Waals surface area (Å²) in [6, 6.07) is 12.8. The van der Waals surface area contributed by atoms with Crippen LogP contribution in [0.3, 0.4) is 0 Å². The molecular formula is C23H21N7OS4. The lowest BCUT2D eigenvalue weighted by Gasteiger charge is -2.14. The summed E-state index contributed by atoms with van der Waals surface area (Å²) in [5.41, 5.74) is 3.94. The van der Waals surface area contributed by atoms with Gasteiger partial charge in [0.2, 0.25) is 0 Å². The van der Waals surface area contributed by atoms with E-state index in [1.54, 1.807) is 18.5 Å². The molecular weight excluding hydrogens is 519 g/mol. The van der Waals surface area contributed by atoms with Crippen LogP contribution in [0.1, 0.15) is 12.6 Å². The number of hydrogen-bond donors (Lipinski definition) is 5. The second kappa shape index (κ2) is 9.08. The largest absolute Gasteiger partial charge is 0.359 e. The van der Waals surface area contributed by atoms with Gasteiger partial charge in [-0.3, -0.25) is 9.78 Å². The zero-order valence-corrected chi connectivity index (χ0v) is 22.2. The molecule has 0 amide bonds. The molecule has 1 unspecified atom stereocenters. The molecule has 0 bridgehead atoms. The van der Waals surface area contributed by atoms with Gasteiger partial charge in [0.25, 0.3) is 5.56 Å². The lowest BCUT2D eigenvalue weighted by atomic mass is 10.1. The van der Waals surface area contributed by atoms with Crippen molar-refractivity contribution >= 4 is 78.3 Å². The maximum absolute atomic E-state index is 13.8. The fraction of sp³-hybridized carbons (Fsp3) is 0.174. The fourth-order valence-electron chi connectivity index (χ4n) is 3.72. The molecule has 8 nitrogen and oxygen atoms in total. The molecule has 0 radical (unpaired) electrons. The molecule has 12 heteroatoms. The number of nitrogens with zero attached hydrogens (tertiary/aromatic N) is 6. The van der Waals surface area contributed by atoms with Crippen molar-refractivity contribution in [1.29, 1.82) is 0 Å². The molecule has 4 heterocycles. The quantitative estimate of drug-likeness (QED) is 0.166. The van der Waals surface area contributed by atoms with Gasteiger partial charge in [-0.05, 0) is 50.2 Å². The van der Waals surface area contributed by atoms with Crippen LogP contribution in [0, 0.1) is 6.92 Å². The summed E-state index contributed by atoms with van der Waals surface area (Å²) in [7, 11) is 0. The summed E-state index contributed by atoms with van der Waals surface area (Å²) in [5, 5.41) is 12.9. The first-order valence-electron chi connectivity index (χ1n) is 10.6. The van der Waals surface area contributed by atoms with Crippen molar-refractivity contribution in [2.75, 3.05) is 5.32 Å². The predicted octanol–water partition coefficient (Wildman–Crippen LogP) is 4.55. The summed E-state index contributed by atoms with van der Waals surface area (Å²) < 4.78 is 1.84. The Bertz CT molecular complexity index is 1620. The molecule has 5 rings (SSSR count). The van der Waals surface area contributed by atoms with Crippen LogP contribution in [-0.2, 0) is 3.54 Å². The average molecular weight is 540 g/mol. The molecule has 1 N–H and O–H groups in total. The smallest absolute Gasteiger partial charge is 0.281 e. The number of fused-ring (bicyclic) bond motifs is 2. The first-order chi connectivity index (χ1) is 16.6. The van der Waals surface area contributed by atoms with Gasteiger partial charge in [0.15, 0.2) is 3.54 Å². The highest BCUT2D eigenvalue weighted by Gasteiger charge is 2.20. The van der Waals surface area contributed by atoms with Gasteiger partial charge < -0.3 is 5.32 Å². The van der Waals surface area contributed by atoms with Gasteiger partial charge >= 0.3 is 0 Å². The first kappa shape index (κ1) is 24.0. The van der Waals surface area contributed by atoms with Crippen LogP contribution in [0.15, 0.2) is 59.7 Å². The third kappa shape index (κ3) is 4.75. The maximum Gasteiger partial charge on any atom is 0.281 e. The second-order valence-corrected chi connectivity index (χ2v) is 11.9.